The molecule has 0 saturated heterocycles. The molecule has 3 rings (SSSR count). The minimum Gasteiger partial charge on any atom is -0.465 e. The fourth-order valence-electron chi connectivity index (χ4n) is 5.25. The van der Waals surface area contributed by atoms with Gasteiger partial charge in [0.15, 0.2) is 0 Å². The molecule has 0 fully saturated rings. The molecule has 0 aromatic heterocycles. The largest absolute Gasteiger partial charge is 0.465 e. The number of benzene rings is 3. The Balaban J connectivity index is 1.96. The van der Waals surface area contributed by atoms with Crippen LogP contribution in [0.25, 0.3) is 0 Å². The summed E-state index contributed by atoms with van der Waals surface area (Å²) in [4.78, 5) is 27.9. The highest BCUT2D eigenvalue weighted by atomic mass is 32.2. The summed E-state index contributed by atoms with van der Waals surface area (Å²) in [6.45, 7) is 9.30. The van der Waals surface area contributed by atoms with Gasteiger partial charge in [0.25, 0.3) is 0 Å². The van der Waals surface area contributed by atoms with Gasteiger partial charge in [0.2, 0.25) is 15.9 Å². The van der Waals surface area contributed by atoms with Gasteiger partial charge in [-0.25, -0.2) is 13.2 Å². The van der Waals surface area contributed by atoms with Crippen molar-refractivity contribution in [1.29, 1.82) is 0 Å². The molecular weight excluding hydrogens is 590 g/mol. The number of hydrogen-bond acceptors (Lipinski definition) is 5. The average Bonchev–Trinajstić information content (AvgIpc) is 2.99. The van der Waals surface area contributed by atoms with E-state index in [4.69, 9.17) is 0 Å². The number of carbonyl (C=O) groups excluding carboxylic acids is 1. The number of aliphatic hydroxyl groups is 1. The lowest BCUT2D eigenvalue weighted by atomic mass is 9.84. The number of nitrogens with zero attached hydrogens (tertiary/aromatic N) is 2. The zero-order valence-electron chi connectivity index (χ0n) is 26.8. The highest BCUT2D eigenvalue weighted by Crippen LogP contribution is 2.27. The molecule has 0 bridgehead atoms. The molecule has 244 valence electrons. The standard InChI is InChI=1S/C35H47N3O6S/c1-26(2)21-22-37(45(43,44)29-19-13-8-14-20-29)25-31(39)30(23-27-15-9-6-10-16-27)36-33(40)32(35(3,4)5)38(34(41)42)24-28-17-11-7-12-18-28/h6-20,26,30-32,39H,21-25H2,1-5H3,(H,36,40)(H,41,42)/t30-,31+,32+/m0/s1. The number of carbonyl (C=O) groups is 2. The lowest BCUT2D eigenvalue weighted by molar-refractivity contribution is -0.131. The van der Waals surface area contributed by atoms with Crippen molar-refractivity contribution in [3.63, 3.8) is 0 Å². The van der Waals surface area contributed by atoms with Gasteiger partial charge in [-0.3, -0.25) is 9.69 Å². The summed E-state index contributed by atoms with van der Waals surface area (Å²) in [7, 11) is -3.95. The Morgan fingerprint density at radius 1 is 0.844 bits per heavy atom. The molecule has 0 spiro atoms. The van der Waals surface area contributed by atoms with E-state index in [9.17, 15) is 28.2 Å². The van der Waals surface area contributed by atoms with Crippen molar-refractivity contribution < 1.29 is 28.2 Å². The number of sulfonamides is 1. The third kappa shape index (κ3) is 10.4. The lowest BCUT2D eigenvalue weighted by Crippen LogP contribution is -2.59. The first-order valence-corrected chi connectivity index (χ1v) is 16.7. The van der Waals surface area contributed by atoms with E-state index in [2.05, 4.69) is 5.32 Å². The zero-order valence-corrected chi connectivity index (χ0v) is 27.7. The predicted octanol–water partition coefficient (Wildman–Crippen LogP) is 5.41. The van der Waals surface area contributed by atoms with Gasteiger partial charge in [-0.15, -0.1) is 0 Å². The van der Waals surface area contributed by atoms with Crippen molar-refractivity contribution in [2.75, 3.05) is 13.1 Å². The van der Waals surface area contributed by atoms with Crippen molar-refractivity contribution >= 4 is 22.0 Å². The smallest absolute Gasteiger partial charge is 0.408 e. The van der Waals surface area contributed by atoms with Gasteiger partial charge >= 0.3 is 6.09 Å². The summed E-state index contributed by atoms with van der Waals surface area (Å²) in [5.74, 6) is -0.352. The Labute approximate surface area is 267 Å². The van der Waals surface area contributed by atoms with Gasteiger partial charge in [0.1, 0.15) is 6.04 Å². The second-order valence-electron chi connectivity index (χ2n) is 12.9. The second kappa shape index (κ2) is 16.0. The molecule has 9 nitrogen and oxygen atoms in total. The molecule has 0 heterocycles. The number of aliphatic hydroxyl groups excluding tert-OH is 1. The van der Waals surface area contributed by atoms with E-state index in [1.54, 1.807) is 51.1 Å². The Hall–Kier alpha value is -3.73. The van der Waals surface area contributed by atoms with Crippen molar-refractivity contribution in [2.24, 2.45) is 11.3 Å². The Kier molecular flexibility index (Phi) is 12.7. The number of amides is 2. The highest BCUT2D eigenvalue weighted by molar-refractivity contribution is 7.89. The topological polar surface area (TPSA) is 127 Å². The van der Waals surface area contributed by atoms with Crippen LogP contribution in [0.2, 0.25) is 0 Å². The van der Waals surface area contributed by atoms with Crippen molar-refractivity contribution in [3.05, 3.63) is 102 Å². The van der Waals surface area contributed by atoms with Crippen LogP contribution >= 0.6 is 0 Å². The van der Waals surface area contributed by atoms with Gasteiger partial charge in [0.05, 0.1) is 17.0 Å². The quantitative estimate of drug-likeness (QED) is 0.205. The minimum absolute atomic E-state index is 0.00423. The van der Waals surface area contributed by atoms with Crippen LogP contribution in [0.1, 0.15) is 52.2 Å². The first-order chi connectivity index (χ1) is 21.2. The third-order valence-corrected chi connectivity index (χ3v) is 9.52. The van der Waals surface area contributed by atoms with Crippen LogP contribution in [0.4, 0.5) is 4.79 Å². The molecule has 3 aromatic rings. The first kappa shape index (κ1) is 35.7. The molecule has 2 amide bonds. The molecule has 0 saturated carbocycles. The first-order valence-electron chi connectivity index (χ1n) is 15.3. The van der Waals surface area contributed by atoms with E-state index in [1.165, 1.54) is 16.4 Å². The molecule has 0 aliphatic rings. The molecule has 10 heteroatoms. The summed E-state index contributed by atoms with van der Waals surface area (Å²) in [5, 5.41) is 24.9. The molecule has 0 aliphatic heterocycles. The summed E-state index contributed by atoms with van der Waals surface area (Å²) in [5.41, 5.74) is 0.752. The monoisotopic (exact) mass is 637 g/mol. The number of rotatable bonds is 15. The molecular formula is C35H47N3O6S. The number of hydrogen-bond donors (Lipinski definition) is 3. The van der Waals surface area contributed by atoms with Crippen LogP contribution in [0.5, 0.6) is 0 Å². The van der Waals surface area contributed by atoms with E-state index in [1.807, 2.05) is 62.4 Å². The summed E-state index contributed by atoms with van der Waals surface area (Å²) >= 11 is 0. The maximum absolute atomic E-state index is 14.1. The van der Waals surface area contributed by atoms with Gasteiger partial charge < -0.3 is 15.5 Å². The second-order valence-corrected chi connectivity index (χ2v) is 14.8. The number of nitrogens with one attached hydrogen (secondary N) is 1. The Morgan fingerprint density at radius 2 is 1.36 bits per heavy atom. The zero-order chi connectivity index (χ0) is 33.2. The summed E-state index contributed by atoms with van der Waals surface area (Å²) < 4.78 is 28.7. The third-order valence-electron chi connectivity index (χ3n) is 7.64. The van der Waals surface area contributed by atoms with E-state index in [0.717, 1.165) is 16.0 Å². The molecule has 45 heavy (non-hydrogen) atoms. The highest BCUT2D eigenvalue weighted by Gasteiger charge is 2.41. The maximum Gasteiger partial charge on any atom is 0.408 e. The molecule has 0 aliphatic carbocycles. The molecule has 0 radical (unpaired) electrons. The molecule has 0 unspecified atom stereocenters. The predicted molar refractivity (Wildman–Crippen MR) is 176 cm³/mol. The van der Waals surface area contributed by atoms with Crippen LogP contribution in [0, 0.1) is 11.3 Å². The Bertz CT molecular complexity index is 1460. The van der Waals surface area contributed by atoms with Crippen LogP contribution in [-0.2, 0) is 27.8 Å². The molecule has 3 atom stereocenters. The van der Waals surface area contributed by atoms with Crippen molar-refractivity contribution in [2.45, 2.75) is 77.1 Å². The summed E-state index contributed by atoms with van der Waals surface area (Å²) in [6.07, 6.45) is -1.76. The van der Waals surface area contributed by atoms with Crippen LogP contribution in [0.15, 0.2) is 95.9 Å². The molecule has 3 aromatic carbocycles. The Morgan fingerprint density at radius 3 is 1.84 bits per heavy atom. The van der Waals surface area contributed by atoms with Crippen LogP contribution in [-0.4, -0.2) is 71.1 Å². The van der Waals surface area contributed by atoms with E-state index in [0.29, 0.717) is 6.42 Å². The van der Waals surface area contributed by atoms with Crippen LogP contribution < -0.4 is 5.32 Å². The van der Waals surface area contributed by atoms with Gasteiger partial charge in [-0.05, 0) is 47.4 Å². The normalized spacial score (nSPS) is 14.1. The fraction of sp³-hybridized carbons (Fsp3) is 0.429. The van der Waals surface area contributed by atoms with Crippen molar-refractivity contribution in [3.8, 4) is 0 Å². The van der Waals surface area contributed by atoms with Gasteiger partial charge in [0, 0.05) is 19.6 Å². The van der Waals surface area contributed by atoms with E-state index < -0.39 is 45.6 Å². The van der Waals surface area contributed by atoms with Gasteiger partial charge in [-0.1, -0.05) is 113 Å². The molecule has 3 N–H and O–H groups in total. The van der Waals surface area contributed by atoms with E-state index in [-0.39, 0.29) is 36.9 Å². The number of carboxylic acid groups (broad SMARTS) is 1. The maximum atomic E-state index is 14.1. The lowest BCUT2D eigenvalue weighted by Gasteiger charge is -2.39. The van der Waals surface area contributed by atoms with Crippen LogP contribution in [0.3, 0.4) is 0 Å². The average molecular weight is 638 g/mol. The fourth-order valence-corrected chi connectivity index (χ4v) is 6.75. The minimum atomic E-state index is -3.95. The SMILES string of the molecule is CC(C)CCN(C[C@@H](O)[C@H](Cc1ccccc1)NC(=O)[C@@H](N(Cc1ccccc1)C(=O)O)C(C)(C)C)S(=O)(=O)c1ccccc1. The van der Waals surface area contributed by atoms with E-state index >= 15 is 0 Å². The summed E-state index contributed by atoms with van der Waals surface area (Å²) in [6, 6.07) is 24.4. The van der Waals surface area contributed by atoms with Gasteiger partial charge in [-0.2, -0.15) is 4.31 Å². The van der Waals surface area contributed by atoms with Crippen molar-refractivity contribution in [1.82, 2.24) is 14.5 Å².